The molecular formula is C30H31ClN2O5. The molecule has 0 radical (unpaired) electrons. The van der Waals surface area contributed by atoms with Crippen molar-refractivity contribution in [1.29, 1.82) is 0 Å². The quantitative estimate of drug-likeness (QED) is 0.330. The number of benzene rings is 2. The van der Waals surface area contributed by atoms with Gasteiger partial charge in [-0.2, -0.15) is 0 Å². The summed E-state index contributed by atoms with van der Waals surface area (Å²) in [5, 5.41) is 17.1. The van der Waals surface area contributed by atoms with Gasteiger partial charge in [0.05, 0.1) is 11.6 Å². The minimum absolute atomic E-state index is 0.0944. The molecule has 1 atom stereocenters. The predicted molar refractivity (Wildman–Crippen MR) is 143 cm³/mol. The van der Waals surface area contributed by atoms with Gasteiger partial charge in [-0.3, -0.25) is 10.1 Å². The van der Waals surface area contributed by atoms with E-state index in [0.717, 1.165) is 68.3 Å². The number of hydrogen-bond donors (Lipinski definition) is 2. The fourth-order valence-electron chi connectivity index (χ4n) is 6.73. The van der Waals surface area contributed by atoms with Gasteiger partial charge in [0.2, 0.25) is 0 Å². The zero-order valence-corrected chi connectivity index (χ0v) is 22.1. The number of ether oxygens (including phenoxy) is 1. The van der Waals surface area contributed by atoms with E-state index >= 15 is 0 Å². The lowest BCUT2D eigenvalue weighted by Gasteiger charge is -2.53. The number of aromatic nitrogens is 1. The van der Waals surface area contributed by atoms with Gasteiger partial charge in [-0.05, 0) is 80.9 Å². The molecule has 4 aliphatic rings. The third-order valence-corrected chi connectivity index (χ3v) is 9.72. The van der Waals surface area contributed by atoms with Crippen molar-refractivity contribution in [1.82, 2.24) is 5.16 Å². The van der Waals surface area contributed by atoms with E-state index in [2.05, 4.69) is 22.6 Å². The normalized spacial score (nSPS) is 25.9. The molecule has 3 aromatic rings. The van der Waals surface area contributed by atoms with Gasteiger partial charge in [-0.1, -0.05) is 59.2 Å². The second-order valence-electron chi connectivity index (χ2n) is 11.3. The second-order valence-corrected chi connectivity index (χ2v) is 11.7. The van der Waals surface area contributed by atoms with Crippen molar-refractivity contribution in [2.24, 2.45) is 0 Å². The molecule has 2 bridgehead atoms. The van der Waals surface area contributed by atoms with Crippen LogP contribution in [0.3, 0.4) is 0 Å². The van der Waals surface area contributed by atoms with Crippen LogP contribution in [0.4, 0.5) is 10.5 Å². The molecule has 2 aromatic carbocycles. The summed E-state index contributed by atoms with van der Waals surface area (Å²) >= 11 is 6.25. The van der Waals surface area contributed by atoms with Crippen molar-refractivity contribution in [2.45, 2.75) is 80.6 Å². The highest BCUT2D eigenvalue weighted by Crippen LogP contribution is 2.60. The van der Waals surface area contributed by atoms with E-state index in [4.69, 9.17) is 20.9 Å². The van der Waals surface area contributed by atoms with Crippen LogP contribution in [0.15, 0.2) is 59.3 Å². The van der Waals surface area contributed by atoms with E-state index in [0.29, 0.717) is 10.7 Å². The second kappa shape index (κ2) is 9.16. The molecule has 7 rings (SSSR count). The highest BCUT2D eigenvalue weighted by atomic mass is 35.5. The topological polar surface area (TPSA) is 102 Å². The van der Waals surface area contributed by atoms with Gasteiger partial charge in [0.15, 0.2) is 5.76 Å². The first-order chi connectivity index (χ1) is 18.3. The first-order valence-corrected chi connectivity index (χ1v) is 13.7. The first-order valence-electron chi connectivity index (χ1n) is 13.3. The zero-order valence-electron chi connectivity index (χ0n) is 21.3. The zero-order chi connectivity index (χ0) is 26.5. The van der Waals surface area contributed by atoms with Crippen molar-refractivity contribution in [3.05, 3.63) is 82.2 Å². The smallest absolute Gasteiger partial charge is 0.412 e. The summed E-state index contributed by atoms with van der Waals surface area (Å²) in [5.74, 6) is 0.00262. The number of carboxylic acids is 1. The maximum atomic E-state index is 12.7. The van der Waals surface area contributed by atoms with Gasteiger partial charge in [0.25, 0.3) is 0 Å². The van der Waals surface area contributed by atoms with E-state index < -0.39 is 23.6 Å². The highest BCUT2D eigenvalue weighted by Gasteiger charge is 2.54. The van der Waals surface area contributed by atoms with E-state index in [1.165, 1.54) is 5.56 Å². The van der Waals surface area contributed by atoms with Crippen molar-refractivity contribution in [2.75, 3.05) is 5.32 Å². The Morgan fingerprint density at radius 2 is 1.55 bits per heavy atom. The standard InChI is InChI=1S/C30H31ClN2O5/c1-19(22-4-2-3-5-23(22)31)37-27(36)33-24-18-32-38-25(24)29-13-10-28(11-14-29,12-15-29)20-6-8-21(9-7-20)30(16-17-30)26(34)35/h2-9,18-19H,10-17H2,1H3,(H,33,36)(H,34,35). The predicted octanol–water partition coefficient (Wildman–Crippen LogP) is 7.30. The maximum absolute atomic E-state index is 12.7. The number of hydrogen-bond acceptors (Lipinski definition) is 5. The van der Waals surface area contributed by atoms with E-state index in [-0.39, 0.29) is 10.8 Å². The number of halogens is 1. The van der Waals surface area contributed by atoms with Crippen molar-refractivity contribution < 1.29 is 24.0 Å². The summed E-state index contributed by atoms with van der Waals surface area (Å²) in [6.45, 7) is 1.79. The van der Waals surface area contributed by atoms with Crippen LogP contribution >= 0.6 is 11.6 Å². The van der Waals surface area contributed by atoms with E-state index in [9.17, 15) is 14.7 Å². The molecule has 1 unspecified atom stereocenters. The van der Waals surface area contributed by atoms with Crippen molar-refractivity contribution >= 4 is 29.4 Å². The molecule has 1 amide bonds. The summed E-state index contributed by atoms with van der Waals surface area (Å²) in [6, 6.07) is 15.6. The van der Waals surface area contributed by atoms with Crippen LogP contribution in [0.1, 0.15) is 86.8 Å². The molecule has 1 heterocycles. The number of fused-ring (bicyclic) bond motifs is 3. The molecular weight excluding hydrogens is 504 g/mol. The molecule has 8 heteroatoms. The fourth-order valence-corrected chi connectivity index (χ4v) is 7.02. The highest BCUT2D eigenvalue weighted by molar-refractivity contribution is 6.31. The lowest BCUT2D eigenvalue weighted by Crippen LogP contribution is -2.46. The first kappa shape index (κ1) is 25.0. The summed E-state index contributed by atoms with van der Waals surface area (Å²) in [4.78, 5) is 24.5. The number of aliphatic carboxylic acids is 1. The number of anilines is 1. The number of carbonyl (C=O) groups is 2. The summed E-state index contributed by atoms with van der Waals surface area (Å²) in [6.07, 6.45) is 7.72. The average Bonchev–Trinajstić information content (AvgIpc) is 3.62. The summed E-state index contributed by atoms with van der Waals surface area (Å²) < 4.78 is 11.4. The van der Waals surface area contributed by atoms with Crippen LogP contribution in [0.5, 0.6) is 0 Å². The lowest BCUT2D eigenvalue weighted by atomic mass is 9.51. The third-order valence-electron chi connectivity index (χ3n) is 9.37. The van der Waals surface area contributed by atoms with Crippen molar-refractivity contribution in [3.63, 3.8) is 0 Å². The van der Waals surface area contributed by atoms with Gasteiger partial charge < -0.3 is 14.4 Å². The molecule has 1 aromatic heterocycles. The molecule has 4 fully saturated rings. The van der Waals surface area contributed by atoms with Crippen LogP contribution in [0.2, 0.25) is 5.02 Å². The number of carbonyl (C=O) groups excluding carboxylic acids is 1. The SMILES string of the molecule is CC(OC(=O)Nc1cnoc1C12CCC(c3ccc(C4(C(=O)O)CC4)cc3)(CC1)CC2)c1ccccc1Cl. The van der Waals surface area contributed by atoms with Crippen LogP contribution < -0.4 is 5.32 Å². The Bertz CT molecular complexity index is 1350. The molecule has 7 nitrogen and oxygen atoms in total. The molecule has 0 aliphatic heterocycles. The minimum atomic E-state index is -0.720. The fraction of sp³-hybridized carbons (Fsp3) is 0.433. The largest absolute Gasteiger partial charge is 0.481 e. The van der Waals surface area contributed by atoms with Gasteiger partial charge in [0.1, 0.15) is 11.8 Å². The molecule has 4 saturated carbocycles. The third kappa shape index (κ3) is 4.08. The molecule has 0 saturated heterocycles. The van der Waals surface area contributed by atoms with Crippen LogP contribution in [-0.2, 0) is 25.8 Å². The Morgan fingerprint density at radius 3 is 2.16 bits per heavy atom. The van der Waals surface area contributed by atoms with E-state index in [1.54, 1.807) is 19.2 Å². The minimum Gasteiger partial charge on any atom is -0.481 e. The van der Waals surface area contributed by atoms with Gasteiger partial charge in [-0.25, -0.2) is 4.79 Å². The molecule has 2 N–H and O–H groups in total. The Balaban J connectivity index is 1.13. The van der Waals surface area contributed by atoms with E-state index in [1.807, 2.05) is 30.3 Å². The Hall–Kier alpha value is -3.32. The van der Waals surface area contributed by atoms with Gasteiger partial charge in [-0.15, -0.1) is 0 Å². The Kier molecular flexibility index (Phi) is 6.02. The molecule has 38 heavy (non-hydrogen) atoms. The van der Waals surface area contributed by atoms with Gasteiger partial charge >= 0.3 is 12.1 Å². The summed E-state index contributed by atoms with van der Waals surface area (Å²) in [7, 11) is 0. The maximum Gasteiger partial charge on any atom is 0.412 e. The lowest BCUT2D eigenvalue weighted by molar-refractivity contribution is -0.140. The van der Waals surface area contributed by atoms with Crippen LogP contribution in [-0.4, -0.2) is 22.3 Å². The monoisotopic (exact) mass is 534 g/mol. The van der Waals surface area contributed by atoms with Crippen molar-refractivity contribution in [3.8, 4) is 0 Å². The number of nitrogens with zero attached hydrogens (tertiary/aromatic N) is 1. The van der Waals surface area contributed by atoms with Gasteiger partial charge in [0, 0.05) is 16.0 Å². The Morgan fingerprint density at radius 1 is 0.947 bits per heavy atom. The molecule has 198 valence electrons. The Labute approximate surface area is 226 Å². The number of rotatable bonds is 7. The van der Waals surface area contributed by atoms with Crippen LogP contribution in [0, 0.1) is 0 Å². The average molecular weight is 535 g/mol. The number of amides is 1. The summed E-state index contributed by atoms with van der Waals surface area (Å²) in [5.41, 5.74) is 2.76. The number of carboxylic acid groups (broad SMARTS) is 1. The number of nitrogens with one attached hydrogen (secondary N) is 1. The van der Waals surface area contributed by atoms with Crippen LogP contribution in [0.25, 0.3) is 0 Å². The molecule has 4 aliphatic carbocycles. The molecule has 0 spiro atoms.